The predicted molar refractivity (Wildman–Crippen MR) is 122 cm³/mol. The van der Waals surface area contributed by atoms with Crippen molar-refractivity contribution in [2.75, 3.05) is 24.8 Å². The molecule has 1 aliphatic heterocycles. The molecule has 33 heavy (non-hydrogen) atoms. The molecule has 7 heteroatoms. The molecule has 1 heterocycles. The van der Waals surface area contributed by atoms with Gasteiger partial charge in [0.15, 0.2) is 17.6 Å². The van der Waals surface area contributed by atoms with Crippen LogP contribution >= 0.6 is 0 Å². The molecule has 1 unspecified atom stereocenters. The quantitative estimate of drug-likeness (QED) is 0.357. The molecule has 1 atom stereocenters. The van der Waals surface area contributed by atoms with Crippen LogP contribution < -0.4 is 19.4 Å². The van der Waals surface area contributed by atoms with E-state index in [-0.39, 0.29) is 18.0 Å². The number of ether oxygens (including phenoxy) is 3. The molecule has 0 radical (unpaired) electrons. The van der Waals surface area contributed by atoms with Crippen molar-refractivity contribution < 1.29 is 28.2 Å². The Balaban J connectivity index is 1.69. The van der Waals surface area contributed by atoms with Crippen LogP contribution in [0.2, 0.25) is 0 Å². The smallest absolute Gasteiger partial charge is 0.340 e. The molecule has 0 saturated heterocycles. The summed E-state index contributed by atoms with van der Waals surface area (Å²) in [6.07, 6.45) is -0.525. The second kappa shape index (κ2) is 10.4. The maximum absolute atomic E-state index is 14.4. The fourth-order valence-electron chi connectivity index (χ4n) is 3.59. The summed E-state index contributed by atoms with van der Waals surface area (Å²) in [5, 5.41) is 1.70. The molecule has 0 aliphatic carbocycles. The highest BCUT2D eigenvalue weighted by molar-refractivity contribution is 5.78. The van der Waals surface area contributed by atoms with Crippen molar-refractivity contribution in [1.82, 2.24) is 0 Å². The summed E-state index contributed by atoms with van der Waals surface area (Å²) < 4.78 is 31.2. The third kappa shape index (κ3) is 5.26. The lowest BCUT2D eigenvalue weighted by Gasteiger charge is -2.31. The summed E-state index contributed by atoms with van der Waals surface area (Å²) in [6, 6.07) is 19.4. The number of esters is 1. The van der Waals surface area contributed by atoms with E-state index < -0.39 is 12.1 Å². The first-order valence-corrected chi connectivity index (χ1v) is 10.9. The Hall–Kier alpha value is -3.58. The molecule has 0 spiro atoms. The van der Waals surface area contributed by atoms with Crippen molar-refractivity contribution in [3.8, 4) is 17.2 Å². The van der Waals surface area contributed by atoms with Gasteiger partial charge in [0.1, 0.15) is 23.9 Å². The van der Waals surface area contributed by atoms with Crippen LogP contribution in [0.3, 0.4) is 0 Å². The van der Waals surface area contributed by atoms with Gasteiger partial charge in [-0.05, 0) is 43.7 Å². The number of hydrogen-bond acceptors (Lipinski definition) is 6. The van der Waals surface area contributed by atoms with Crippen LogP contribution in [-0.4, -0.2) is 31.8 Å². The monoisotopic (exact) mass is 451 g/mol. The minimum Gasteiger partial charge on any atom is -0.489 e. The van der Waals surface area contributed by atoms with Gasteiger partial charge < -0.3 is 19.0 Å². The highest BCUT2D eigenvalue weighted by Gasteiger charge is 2.25. The Morgan fingerprint density at radius 1 is 1.06 bits per heavy atom. The Bertz CT molecular complexity index is 1120. The second-order valence-corrected chi connectivity index (χ2v) is 7.54. The number of benzene rings is 3. The number of halogens is 1. The van der Waals surface area contributed by atoms with Crippen molar-refractivity contribution in [1.29, 1.82) is 0 Å². The van der Waals surface area contributed by atoms with Crippen LogP contribution in [0.5, 0.6) is 17.2 Å². The zero-order valence-electron chi connectivity index (χ0n) is 18.6. The lowest BCUT2D eigenvalue weighted by Crippen LogP contribution is -2.35. The number of para-hydroxylation sites is 3. The fraction of sp³-hybridized carbons (Fsp3) is 0.269. The van der Waals surface area contributed by atoms with Gasteiger partial charge in [-0.2, -0.15) is 0 Å². The van der Waals surface area contributed by atoms with E-state index in [0.29, 0.717) is 42.4 Å². The van der Waals surface area contributed by atoms with Gasteiger partial charge in [0, 0.05) is 18.6 Å². The summed E-state index contributed by atoms with van der Waals surface area (Å²) >= 11 is 0. The third-order valence-corrected chi connectivity index (χ3v) is 5.24. The van der Waals surface area contributed by atoms with Crippen molar-refractivity contribution in [3.05, 3.63) is 83.7 Å². The molecular formula is C26H26FNO5. The minimum absolute atomic E-state index is 0.231. The first-order valence-electron chi connectivity index (χ1n) is 10.9. The number of carbonyl (C=O) groups is 1. The zero-order valence-corrected chi connectivity index (χ0v) is 18.6. The van der Waals surface area contributed by atoms with E-state index in [1.54, 1.807) is 55.3 Å². The lowest BCUT2D eigenvalue weighted by atomic mass is 10.0. The van der Waals surface area contributed by atoms with E-state index in [1.165, 1.54) is 6.07 Å². The van der Waals surface area contributed by atoms with Crippen LogP contribution in [0.4, 0.5) is 10.1 Å². The first kappa shape index (κ1) is 22.6. The van der Waals surface area contributed by atoms with E-state index in [9.17, 15) is 9.18 Å². The molecule has 4 rings (SSSR count). The molecule has 6 nitrogen and oxygen atoms in total. The highest BCUT2D eigenvalue weighted by Crippen LogP contribution is 2.37. The predicted octanol–water partition coefficient (Wildman–Crippen LogP) is 4.94. The second-order valence-electron chi connectivity index (χ2n) is 7.54. The van der Waals surface area contributed by atoms with E-state index in [2.05, 4.69) is 0 Å². The summed E-state index contributed by atoms with van der Waals surface area (Å²) in [4.78, 5) is 18.9. The molecule has 0 aromatic heterocycles. The first-order chi connectivity index (χ1) is 16.1. The Morgan fingerprint density at radius 2 is 1.82 bits per heavy atom. The van der Waals surface area contributed by atoms with E-state index in [4.69, 9.17) is 19.0 Å². The number of rotatable bonds is 8. The third-order valence-electron chi connectivity index (χ3n) is 5.24. The normalized spacial score (nSPS) is 13.6. The maximum atomic E-state index is 14.4. The molecular weight excluding hydrogens is 425 g/mol. The standard InChI is InChI=1S/C26H26FNO5/c1-3-30-18(2)26(29)32-25-20(17-19-9-4-5-11-21(19)27)10-8-14-24(25)33-28-15-16-31-23-13-7-6-12-22(23)28/h4-14,18H,3,15-17H2,1-2H3. The summed E-state index contributed by atoms with van der Waals surface area (Å²) in [5.41, 5.74) is 1.88. The molecule has 0 saturated carbocycles. The van der Waals surface area contributed by atoms with Gasteiger partial charge in [-0.25, -0.2) is 14.2 Å². The average Bonchev–Trinajstić information content (AvgIpc) is 2.82. The maximum Gasteiger partial charge on any atom is 0.340 e. The summed E-state index contributed by atoms with van der Waals surface area (Å²) in [7, 11) is 0. The van der Waals surface area contributed by atoms with Crippen molar-refractivity contribution in [3.63, 3.8) is 0 Å². The molecule has 0 amide bonds. The number of nitrogens with zero attached hydrogens (tertiary/aromatic N) is 1. The van der Waals surface area contributed by atoms with E-state index >= 15 is 0 Å². The van der Waals surface area contributed by atoms with Gasteiger partial charge in [-0.15, -0.1) is 0 Å². The molecule has 0 bridgehead atoms. The van der Waals surface area contributed by atoms with Gasteiger partial charge >= 0.3 is 5.97 Å². The van der Waals surface area contributed by atoms with Gasteiger partial charge in [-0.3, -0.25) is 0 Å². The van der Waals surface area contributed by atoms with Crippen molar-refractivity contribution in [2.45, 2.75) is 26.4 Å². The Labute approximate surface area is 192 Å². The SMILES string of the molecule is CCOC(C)C(=O)Oc1c(Cc2ccccc2F)cccc1ON1CCOc2ccccc21. The molecule has 0 fully saturated rings. The van der Waals surface area contributed by atoms with Crippen LogP contribution in [0.25, 0.3) is 0 Å². The number of fused-ring (bicyclic) bond motifs is 1. The number of hydrogen-bond donors (Lipinski definition) is 0. The van der Waals surface area contributed by atoms with Crippen LogP contribution in [0.15, 0.2) is 66.7 Å². The fourth-order valence-corrected chi connectivity index (χ4v) is 3.59. The van der Waals surface area contributed by atoms with Gasteiger partial charge in [-0.1, -0.05) is 42.5 Å². The van der Waals surface area contributed by atoms with Gasteiger partial charge in [0.25, 0.3) is 0 Å². The molecule has 1 aliphatic rings. The summed E-state index contributed by atoms with van der Waals surface area (Å²) in [5.74, 6) is 0.407. The number of hydroxylamine groups is 1. The largest absolute Gasteiger partial charge is 0.489 e. The number of carbonyl (C=O) groups excluding carboxylic acids is 1. The van der Waals surface area contributed by atoms with Crippen LogP contribution in [0, 0.1) is 5.82 Å². The average molecular weight is 451 g/mol. The summed E-state index contributed by atoms with van der Waals surface area (Å²) in [6.45, 7) is 4.74. The van der Waals surface area contributed by atoms with Gasteiger partial charge in [0.05, 0.1) is 6.54 Å². The zero-order chi connectivity index (χ0) is 23.2. The number of anilines is 1. The highest BCUT2D eigenvalue weighted by atomic mass is 19.1. The topological polar surface area (TPSA) is 57.2 Å². The molecule has 172 valence electrons. The Kier molecular flexibility index (Phi) is 7.10. The molecule has 3 aromatic carbocycles. The van der Waals surface area contributed by atoms with Crippen molar-refractivity contribution in [2.24, 2.45) is 0 Å². The molecule has 3 aromatic rings. The van der Waals surface area contributed by atoms with Crippen LogP contribution in [-0.2, 0) is 16.0 Å². The van der Waals surface area contributed by atoms with Gasteiger partial charge in [0.2, 0.25) is 0 Å². The minimum atomic E-state index is -0.756. The molecule has 0 N–H and O–H groups in total. The van der Waals surface area contributed by atoms with Crippen LogP contribution in [0.1, 0.15) is 25.0 Å². The van der Waals surface area contributed by atoms with Crippen molar-refractivity contribution >= 4 is 11.7 Å². The van der Waals surface area contributed by atoms with E-state index in [0.717, 1.165) is 5.69 Å². The lowest BCUT2D eigenvalue weighted by molar-refractivity contribution is -0.146. The Morgan fingerprint density at radius 3 is 2.64 bits per heavy atom. The van der Waals surface area contributed by atoms with E-state index in [1.807, 2.05) is 24.3 Å².